The maximum Gasteiger partial charge on any atom is 0.349 e. The van der Waals surface area contributed by atoms with Crippen LogP contribution in [0.25, 0.3) is 0 Å². The van der Waals surface area contributed by atoms with E-state index in [4.69, 9.17) is 37.8 Å². The average Bonchev–Trinajstić information content (AvgIpc) is 3.07. The molecular formula is C36H36BrCl2NO10. The Morgan fingerprint density at radius 3 is 1.74 bits per heavy atom. The zero-order valence-electron chi connectivity index (χ0n) is 27.0. The van der Waals surface area contributed by atoms with Crippen LogP contribution in [0.2, 0.25) is 10.0 Å². The molecule has 0 amide bonds. The number of halogens is 3. The summed E-state index contributed by atoms with van der Waals surface area (Å²) in [6, 6.07) is 27.2. The number of hydrogen-bond acceptors (Lipinski definition) is 8. The Labute approximate surface area is 307 Å². The second-order valence-corrected chi connectivity index (χ2v) is 12.4. The second kappa shape index (κ2) is 20.4. The van der Waals surface area contributed by atoms with Gasteiger partial charge in [0.2, 0.25) is 12.2 Å². The molecule has 0 unspecified atom stereocenters. The van der Waals surface area contributed by atoms with E-state index in [9.17, 15) is 29.4 Å². The predicted molar refractivity (Wildman–Crippen MR) is 192 cm³/mol. The molecule has 0 aliphatic carbocycles. The molecule has 3 atom stereocenters. The van der Waals surface area contributed by atoms with Crippen molar-refractivity contribution in [1.29, 1.82) is 0 Å². The third kappa shape index (κ3) is 11.9. The molecule has 0 saturated carbocycles. The first-order valence-electron chi connectivity index (χ1n) is 14.9. The maximum absolute atomic E-state index is 12.0. The fourth-order valence-electron chi connectivity index (χ4n) is 4.85. The lowest BCUT2D eigenvalue weighted by molar-refractivity contribution is -0.166. The van der Waals surface area contributed by atoms with Crippen LogP contribution in [-0.4, -0.2) is 82.0 Å². The summed E-state index contributed by atoms with van der Waals surface area (Å²) < 4.78 is 10.6. The minimum absolute atomic E-state index is 0. The highest BCUT2D eigenvalue weighted by Gasteiger charge is 2.41. The molecule has 11 nitrogen and oxygen atoms in total. The number of carbonyl (C=O) groups is 4. The zero-order valence-corrected chi connectivity index (χ0v) is 30.1. The number of rotatable bonds is 8. The van der Waals surface area contributed by atoms with Gasteiger partial charge in [0, 0.05) is 40.1 Å². The summed E-state index contributed by atoms with van der Waals surface area (Å²) in [6.07, 6.45) is -4.43. The standard InChI is InChI=1S/C18H14O8.C16H14BrCl2N.C2H6O.H2O/c19-15(20)13(25-17(23)11-7-3-1-4-8-11)14(16(21)22)26-18(24)12-9-5-2-6-10-12;1-20-8-14(10-3-2-4-11(17)5-10)13-6-12(18)7-16(19)15(13)9-20;1-2-3;/h1-10,13-14H,(H,19,20)(H,21,22);2-7,14H,8-9H2,1H3;3H,2H2,1H3;1H2/t13-,14-;14-;;/m00../s1. The van der Waals surface area contributed by atoms with Crippen molar-refractivity contribution in [3.05, 3.63) is 139 Å². The quantitative estimate of drug-likeness (QED) is 0.176. The van der Waals surface area contributed by atoms with E-state index in [2.05, 4.69) is 52.1 Å². The number of aliphatic carboxylic acids is 2. The van der Waals surface area contributed by atoms with E-state index in [1.165, 1.54) is 65.2 Å². The molecule has 50 heavy (non-hydrogen) atoms. The number of hydrogen-bond donors (Lipinski definition) is 3. The van der Waals surface area contributed by atoms with Crippen LogP contribution in [0.5, 0.6) is 0 Å². The Hall–Kier alpha value is -4.30. The molecule has 0 spiro atoms. The van der Waals surface area contributed by atoms with E-state index in [0.717, 1.165) is 22.6 Å². The van der Waals surface area contributed by atoms with Crippen LogP contribution in [0, 0.1) is 0 Å². The van der Waals surface area contributed by atoms with Crippen LogP contribution in [0.4, 0.5) is 0 Å². The largest absolute Gasteiger partial charge is 0.478 e. The van der Waals surface area contributed by atoms with Gasteiger partial charge in [0.25, 0.3) is 0 Å². The predicted octanol–water partition coefficient (Wildman–Crippen LogP) is 6.11. The number of benzene rings is 4. The van der Waals surface area contributed by atoms with Gasteiger partial charge < -0.3 is 35.2 Å². The SMILES string of the molecule is CCO.CN1Cc2c(Cl)cc(Cl)cc2[C@H](c2cccc(Br)c2)C1.O.O=C(O[C@H](C(=O)O)[C@H](OC(=O)c1ccccc1)C(=O)O)c1ccccc1. The Kier molecular flexibility index (Phi) is 17.1. The van der Waals surface area contributed by atoms with Crippen molar-refractivity contribution in [3.8, 4) is 0 Å². The molecule has 5 N–H and O–H groups in total. The highest BCUT2D eigenvalue weighted by Crippen LogP contribution is 2.38. The van der Waals surface area contributed by atoms with Crippen LogP contribution < -0.4 is 0 Å². The summed E-state index contributed by atoms with van der Waals surface area (Å²) in [4.78, 5) is 49.1. The summed E-state index contributed by atoms with van der Waals surface area (Å²) in [5, 5.41) is 27.5. The second-order valence-electron chi connectivity index (χ2n) is 10.6. The summed E-state index contributed by atoms with van der Waals surface area (Å²) in [7, 11) is 2.12. The molecule has 4 aromatic rings. The van der Waals surface area contributed by atoms with Crippen LogP contribution in [0.3, 0.4) is 0 Å². The number of fused-ring (bicyclic) bond motifs is 1. The van der Waals surface area contributed by atoms with Gasteiger partial charge in [-0.1, -0.05) is 87.7 Å². The third-order valence-corrected chi connectivity index (χ3v) is 8.04. The molecule has 4 aromatic carbocycles. The smallest absolute Gasteiger partial charge is 0.349 e. The third-order valence-electron chi connectivity index (χ3n) is 6.99. The van der Waals surface area contributed by atoms with Gasteiger partial charge in [0.15, 0.2) is 0 Å². The number of aliphatic hydroxyl groups is 1. The van der Waals surface area contributed by atoms with E-state index in [0.29, 0.717) is 10.9 Å². The molecular weight excluding hydrogens is 757 g/mol. The lowest BCUT2D eigenvalue weighted by Gasteiger charge is -2.33. The molecule has 0 fully saturated rings. The molecule has 0 bridgehead atoms. The van der Waals surface area contributed by atoms with Gasteiger partial charge in [-0.05, 0) is 79.2 Å². The minimum atomic E-state index is -2.21. The van der Waals surface area contributed by atoms with Crippen LogP contribution in [0.1, 0.15) is 50.2 Å². The zero-order chi connectivity index (χ0) is 36.1. The van der Waals surface area contributed by atoms with Gasteiger partial charge in [0.1, 0.15) is 0 Å². The van der Waals surface area contributed by atoms with Crippen LogP contribution in [-0.2, 0) is 25.6 Å². The molecule has 1 heterocycles. The van der Waals surface area contributed by atoms with E-state index in [-0.39, 0.29) is 23.2 Å². The van der Waals surface area contributed by atoms with Gasteiger partial charge in [-0.25, -0.2) is 19.2 Å². The average molecular weight is 793 g/mol. The lowest BCUT2D eigenvalue weighted by Crippen LogP contribution is -2.45. The number of esters is 2. The number of aliphatic hydroxyl groups excluding tert-OH is 1. The van der Waals surface area contributed by atoms with Crippen molar-refractivity contribution in [2.75, 3.05) is 20.2 Å². The Balaban J connectivity index is 0.000000323. The number of likely N-dealkylation sites (N-methyl/N-ethyl adjacent to an activating group) is 1. The highest BCUT2D eigenvalue weighted by molar-refractivity contribution is 9.10. The topological polar surface area (TPSA) is 182 Å². The molecule has 1 aliphatic rings. The van der Waals surface area contributed by atoms with Crippen molar-refractivity contribution >= 4 is 63.0 Å². The van der Waals surface area contributed by atoms with Crippen molar-refractivity contribution in [2.45, 2.75) is 31.6 Å². The maximum atomic E-state index is 12.0. The molecule has 14 heteroatoms. The molecule has 0 saturated heterocycles. The summed E-state index contributed by atoms with van der Waals surface area (Å²) >= 11 is 16.1. The highest BCUT2D eigenvalue weighted by atomic mass is 79.9. The Morgan fingerprint density at radius 2 is 1.30 bits per heavy atom. The monoisotopic (exact) mass is 791 g/mol. The normalized spacial score (nSPS) is 14.4. The fraction of sp³-hybridized carbons (Fsp3) is 0.222. The first-order valence-corrected chi connectivity index (χ1v) is 16.4. The summed E-state index contributed by atoms with van der Waals surface area (Å²) in [6.45, 7) is 3.77. The first-order chi connectivity index (χ1) is 23.4. The van der Waals surface area contributed by atoms with Crippen molar-refractivity contribution < 1.29 is 49.4 Å². The number of nitrogens with zero attached hydrogens (tertiary/aromatic N) is 1. The van der Waals surface area contributed by atoms with E-state index in [1.807, 2.05) is 12.1 Å². The van der Waals surface area contributed by atoms with Gasteiger partial charge in [-0.2, -0.15) is 0 Å². The van der Waals surface area contributed by atoms with E-state index < -0.39 is 36.1 Å². The van der Waals surface area contributed by atoms with Gasteiger partial charge >= 0.3 is 23.9 Å². The van der Waals surface area contributed by atoms with Crippen molar-refractivity contribution in [3.63, 3.8) is 0 Å². The first kappa shape index (κ1) is 41.9. The Bertz CT molecular complexity index is 1670. The summed E-state index contributed by atoms with van der Waals surface area (Å²) in [5.74, 6) is -5.33. The van der Waals surface area contributed by atoms with Gasteiger partial charge in [-0.3, -0.25) is 0 Å². The number of carboxylic acid groups (broad SMARTS) is 2. The van der Waals surface area contributed by atoms with E-state index in [1.54, 1.807) is 19.1 Å². The summed E-state index contributed by atoms with van der Waals surface area (Å²) in [5.41, 5.74) is 3.77. The number of carbonyl (C=O) groups excluding carboxylic acids is 2. The molecule has 0 radical (unpaired) electrons. The van der Waals surface area contributed by atoms with E-state index >= 15 is 0 Å². The number of carboxylic acids is 2. The molecule has 0 aromatic heterocycles. The van der Waals surface area contributed by atoms with Gasteiger partial charge in [0.05, 0.1) is 11.1 Å². The van der Waals surface area contributed by atoms with Crippen LogP contribution >= 0.6 is 39.1 Å². The van der Waals surface area contributed by atoms with Crippen LogP contribution in [0.15, 0.2) is 102 Å². The number of ether oxygens (including phenoxy) is 2. The Morgan fingerprint density at radius 1 is 0.820 bits per heavy atom. The molecule has 5 rings (SSSR count). The van der Waals surface area contributed by atoms with Crippen molar-refractivity contribution in [2.24, 2.45) is 0 Å². The fourth-order valence-corrected chi connectivity index (χ4v) is 5.84. The van der Waals surface area contributed by atoms with Crippen molar-refractivity contribution in [1.82, 2.24) is 4.90 Å². The molecule has 266 valence electrons. The lowest BCUT2D eigenvalue weighted by atomic mass is 9.85. The minimum Gasteiger partial charge on any atom is -0.478 e. The van der Waals surface area contributed by atoms with Gasteiger partial charge in [-0.15, -0.1) is 0 Å². The molecule has 1 aliphatic heterocycles.